The van der Waals surface area contributed by atoms with E-state index in [-0.39, 0.29) is 11.4 Å². The zero-order chi connectivity index (χ0) is 13.0. The maximum absolute atomic E-state index is 13.2. The van der Waals surface area contributed by atoms with E-state index in [9.17, 15) is 13.6 Å². The van der Waals surface area contributed by atoms with Crippen molar-refractivity contribution in [3.8, 4) is 0 Å². The number of nitrogens with one attached hydrogen (secondary N) is 2. The summed E-state index contributed by atoms with van der Waals surface area (Å²) in [5.41, 5.74) is -0.348. The van der Waals surface area contributed by atoms with E-state index in [1.165, 1.54) is 13.0 Å². The minimum atomic E-state index is -1.38. The second kappa shape index (κ2) is 5.20. The molecule has 0 fully saturated rings. The molecule has 0 spiro atoms. The van der Waals surface area contributed by atoms with Gasteiger partial charge in [0.15, 0.2) is 0 Å². The summed E-state index contributed by atoms with van der Waals surface area (Å²) in [5, 5.41) is 18.1. The monoisotopic (exact) mass is 240 g/mol. The Hall–Kier alpha value is -2.24. The van der Waals surface area contributed by atoms with Crippen molar-refractivity contribution in [1.29, 1.82) is 5.41 Å². The van der Waals surface area contributed by atoms with Crippen molar-refractivity contribution >= 4 is 17.4 Å². The first-order valence-corrected chi connectivity index (χ1v) is 4.62. The van der Waals surface area contributed by atoms with Crippen molar-refractivity contribution in [2.45, 2.75) is 6.92 Å². The zero-order valence-corrected chi connectivity index (χ0v) is 8.92. The lowest BCUT2D eigenvalue weighted by Crippen LogP contribution is -2.10. The standard InChI is InChI=1S/C11H10F2N2O2/c1-6(4-9(14)11(16)17)15-10-3-2-7(12)5-8(10)13/h2-5,14-15H,1H3,(H,16,17)/b6-4-,14-9?. The Morgan fingerprint density at radius 2 is 2.12 bits per heavy atom. The average Bonchev–Trinajstić information content (AvgIpc) is 2.22. The summed E-state index contributed by atoms with van der Waals surface area (Å²) >= 11 is 0. The number of carboxylic acids is 1. The number of allylic oxidation sites excluding steroid dienone is 1. The molecule has 0 heterocycles. The lowest BCUT2D eigenvalue weighted by atomic mass is 10.2. The van der Waals surface area contributed by atoms with Gasteiger partial charge in [-0.15, -0.1) is 0 Å². The third-order valence-corrected chi connectivity index (χ3v) is 1.85. The van der Waals surface area contributed by atoms with E-state index in [1.54, 1.807) is 0 Å². The lowest BCUT2D eigenvalue weighted by Gasteiger charge is -2.07. The van der Waals surface area contributed by atoms with E-state index in [0.717, 1.165) is 12.1 Å². The van der Waals surface area contributed by atoms with Crippen LogP contribution in [0.25, 0.3) is 0 Å². The molecule has 0 unspecified atom stereocenters. The number of carboxylic acid groups (broad SMARTS) is 1. The van der Waals surface area contributed by atoms with Gasteiger partial charge in [-0.2, -0.15) is 0 Å². The molecule has 17 heavy (non-hydrogen) atoms. The maximum Gasteiger partial charge on any atom is 0.353 e. The molecule has 4 nitrogen and oxygen atoms in total. The number of halogens is 2. The van der Waals surface area contributed by atoms with Gasteiger partial charge < -0.3 is 10.4 Å². The summed E-state index contributed by atoms with van der Waals surface area (Å²) in [5.74, 6) is -2.88. The summed E-state index contributed by atoms with van der Waals surface area (Å²) < 4.78 is 25.8. The molecule has 0 aromatic heterocycles. The van der Waals surface area contributed by atoms with Crippen LogP contribution in [-0.2, 0) is 4.79 Å². The van der Waals surface area contributed by atoms with Gasteiger partial charge in [0.25, 0.3) is 0 Å². The van der Waals surface area contributed by atoms with Crippen molar-refractivity contribution in [3.05, 3.63) is 41.6 Å². The molecule has 1 rings (SSSR count). The van der Waals surface area contributed by atoms with Crippen LogP contribution in [0.2, 0.25) is 0 Å². The van der Waals surface area contributed by atoms with Crippen molar-refractivity contribution in [3.63, 3.8) is 0 Å². The number of hydrogen-bond donors (Lipinski definition) is 3. The maximum atomic E-state index is 13.2. The number of aliphatic carboxylic acids is 1. The van der Waals surface area contributed by atoms with Gasteiger partial charge in [-0.1, -0.05) is 0 Å². The molecule has 3 N–H and O–H groups in total. The summed E-state index contributed by atoms with van der Waals surface area (Å²) in [6.07, 6.45) is 1.03. The second-order valence-corrected chi connectivity index (χ2v) is 3.30. The van der Waals surface area contributed by atoms with Gasteiger partial charge in [0.1, 0.15) is 17.3 Å². The Balaban J connectivity index is 2.84. The van der Waals surface area contributed by atoms with E-state index >= 15 is 0 Å². The molecule has 1 aromatic carbocycles. The first kappa shape index (κ1) is 12.8. The highest BCUT2D eigenvalue weighted by Crippen LogP contribution is 2.16. The number of anilines is 1. The summed E-state index contributed by atoms with van der Waals surface area (Å²) in [6, 6.07) is 2.96. The third-order valence-electron chi connectivity index (χ3n) is 1.85. The minimum absolute atomic E-state index is 0.0124. The van der Waals surface area contributed by atoms with E-state index in [1.807, 2.05) is 0 Å². The van der Waals surface area contributed by atoms with Gasteiger partial charge in [0, 0.05) is 11.8 Å². The fourth-order valence-corrected chi connectivity index (χ4v) is 1.12. The fraction of sp³-hybridized carbons (Fsp3) is 0.0909. The number of rotatable bonds is 4. The SMILES string of the molecule is C/C(=C/C(=N)C(=O)O)Nc1ccc(F)cc1F. The Bertz CT molecular complexity index is 498. The van der Waals surface area contributed by atoms with Crippen molar-refractivity contribution in [2.24, 2.45) is 0 Å². The summed E-state index contributed by atoms with van der Waals surface area (Å²) in [4.78, 5) is 10.4. The Morgan fingerprint density at radius 1 is 1.47 bits per heavy atom. The molecule has 0 amide bonds. The van der Waals surface area contributed by atoms with E-state index in [2.05, 4.69) is 5.32 Å². The smallest absolute Gasteiger partial charge is 0.353 e. The first-order valence-electron chi connectivity index (χ1n) is 4.62. The predicted octanol–water partition coefficient (Wildman–Crippen LogP) is 2.38. The lowest BCUT2D eigenvalue weighted by molar-refractivity contribution is -0.129. The molecule has 1 aromatic rings. The molecule has 6 heteroatoms. The van der Waals surface area contributed by atoms with E-state index in [4.69, 9.17) is 10.5 Å². The van der Waals surface area contributed by atoms with Crippen LogP contribution in [0.4, 0.5) is 14.5 Å². The van der Waals surface area contributed by atoms with Crippen molar-refractivity contribution < 1.29 is 18.7 Å². The van der Waals surface area contributed by atoms with Gasteiger partial charge >= 0.3 is 5.97 Å². The molecular formula is C11H10F2N2O2. The molecule has 0 aliphatic carbocycles. The third kappa shape index (κ3) is 3.67. The number of carbonyl (C=O) groups is 1. The number of hydrogen-bond acceptors (Lipinski definition) is 3. The topological polar surface area (TPSA) is 73.2 Å². The van der Waals surface area contributed by atoms with Gasteiger partial charge in [0.2, 0.25) is 0 Å². The Labute approximate surface area is 96.1 Å². The second-order valence-electron chi connectivity index (χ2n) is 3.30. The normalized spacial score (nSPS) is 11.1. The average molecular weight is 240 g/mol. The van der Waals surface area contributed by atoms with Crippen LogP contribution in [0.3, 0.4) is 0 Å². The highest BCUT2D eigenvalue weighted by Gasteiger charge is 2.06. The van der Waals surface area contributed by atoms with Gasteiger partial charge in [-0.05, 0) is 25.1 Å². The predicted molar refractivity (Wildman–Crippen MR) is 59.1 cm³/mol. The largest absolute Gasteiger partial charge is 0.477 e. The highest BCUT2D eigenvalue weighted by atomic mass is 19.1. The molecule has 0 saturated carbocycles. The van der Waals surface area contributed by atoms with Crippen LogP contribution >= 0.6 is 0 Å². The molecule has 0 saturated heterocycles. The molecular weight excluding hydrogens is 230 g/mol. The first-order chi connectivity index (χ1) is 7.90. The van der Waals surface area contributed by atoms with Crippen LogP contribution in [0.1, 0.15) is 6.92 Å². The van der Waals surface area contributed by atoms with Crippen LogP contribution in [0.15, 0.2) is 30.0 Å². The molecule has 0 aliphatic rings. The number of benzene rings is 1. The van der Waals surface area contributed by atoms with Gasteiger partial charge in [-0.25, -0.2) is 13.6 Å². The summed E-state index contributed by atoms with van der Waals surface area (Å²) in [7, 11) is 0. The molecule has 90 valence electrons. The Kier molecular flexibility index (Phi) is 3.92. The van der Waals surface area contributed by atoms with Crippen LogP contribution in [-0.4, -0.2) is 16.8 Å². The van der Waals surface area contributed by atoms with Crippen molar-refractivity contribution in [2.75, 3.05) is 5.32 Å². The summed E-state index contributed by atoms with van der Waals surface area (Å²) in [6.45, 7) is 1.47. The van der Waals surface area contributed by atoms with E-state index in [0.29, 0.717) is 6.07 Å². The zero-order valence-electron chi connectivity index (χ0n) is 8.92. The quantitative estimate of drug-likeness (QED) is 0.707. The van der Waals surface area contributed by atoms with Crippen LogP contribution in [0, 0.1) is 17.0 Å². The molecule has 0 bridgehead atoms. The molecule has 0 atom stereocenters. The minimum Gasteiger partial charge on any atom is -0.477 e. The highest BCUT2D eigenvalue weighted by molar-refractivity contribution is 6.39. The van der Waals surface area contributed by atoms with Gasteiger partial charge in [-0.3, -0.25) is 5.41 Å². The Morgan fingerprint density at radius 3 is 2.65 bits per heavy atom. The van der Waals surface area contributed by atoms with E-state index < -0.39 is 23.3 Å². The van der Waals surface area contributed by atoms with Crippen LogP contribution < -0.4 is 5.32 Å². The molecule has 0 radical (unpaired) electrons. The fourth-order valence-electron chi connectivity index (χ4n) is 1.12. The van der Waals surface area contributed by atoms with Crippen molar-refractivity contribution in [1.82, 2.24) is 0 Å². The molecule has 0 aliphatic heterocycles. The van der Waals surface area contributed by atoms with Crippen LogP contribution in [0.5, 0.6) is 0 Å². The van der Waals surface area contributed by atoms with Gasteiger partial charge in [0.05, 0.1) is 5.69 Å².